The molecule has 3 saturated heterocycles. The minimum absolute atomic E-state index is 0.00802. The highest BCUT2D eigenvalue weighted by molar-refractivity contribution is 5.73. The van der Waals surface area contributed by atoms with Crippen LogP contribution in [0.4, 0.5) is 5.69 Å². The van der Waals surface area contributed by atoms with E-state index in [0.717, 1.165) is 56.1 Å². The third-order valence-electron chi connectivity index (χ3n) is 7.00. The summed E-state index contributed by atoms with van der Waals surface area (Å²) in [4.78, 5) is 15.2. The topological polar surface area (TPSA) is 62.2 Å². The molecule has 0 bridgehead atoms. The summed E-state index contributed by atoms with van der Waals surface area (Å²) in [6.45, 7) is 8.76. The fourth-order valence-electron chi connectivity index (χ4n) is 5.19. The number of aryl methyl sites for hydroxylation is 1. The highest BCUT2D eigenvalue weighted by Crippen LogP contribution is 2.42. The van der Waals surface area contributed by atoms with Crippen LogP contribution in [0.5, 0.6) is 5.88 Å². The monoisotopic (exact) mass is 424 g/mol. The standard InChI is InChI=1S/C24H28N2O5/c1-16-21(27)9-22(31-11-19-10-28-6-7-30-19)26-5-4-17-8-18(2-3-20(17)23(16)26)25-12-24(13-25)14-29-15-24/h2-3,8-9,19H,4-7,10-15H2,1H3/t19-/m0/s1. The van der Waals surface area contributed by atoms with E-state index < -0.39 is 0 Å². The van der Waals surface area contributed by atoms with Crippen molar-refractivity contribution >= 4 is 5.69 Å². The maximum atomic E-state index is 12.7. The predicted octanol–water partition coefficient (Wildman–Crippen LogP) is 2.01. The molecule has 0 N–H and O–H groups in total. The van der Waals surface area contributed by atoms with Crippen molar-refractivity contribution in [2.45, 2.75) is 26.0 Å². The number of hydrogen-bond donors (Lipinski definition) is 0. The molecule has 5 heterocycles. The van der Waals surface area contributed by atoms with Crippen LogP contribution in [0.1, 0.15) is 11.1 Å². The van der Waals surface area contributed by atoms with Crippen LogP contribution in [0.15, 0.2) is 29.1 Å². The van der Waals surface area contributed by atoms with Crippen molar-refractivity contribution in [2.24, 2.45) is 5.41 Å². The first kappa shape index (κ1) is 19.3. The van der Waals surface area contributed by atoms with Crippen molar-refractivity contribution < 1.29 is 18.9 Å². The summed E-state index contributed by atoms with van der Waals surface area (Å²) < 4.78 is 24.7. The molecule has 7 nitrogen and oxygen atoms in total. The van der Waals surface area contributed by atoms with Gasteiger partial charge in [-0.3, -0.25) is 4.79 Å². The van der Waals surface area contributed by atoms with Gasteiger partial charge in [-0.2, -0.15) is 0 Å². The summed E-state index contributed by atoms with van der Waals surface area (Å²) in [5, 5.41) is 0. The molecule has 1 aromatic carbocycles. The first-order valence-corrected chi connectivity index (χ1v) is 11.1. The van der Waals surface area contributed by atoms with Crippen LogP contribution in [0.2, 0.25) is 0 Å². The Hall–Kier alpha value is -2.35. The van der Waals surface area contributed by atoms with Gasteiger partial charge < -0.3 is 28.4 Å². The number of hydrogen-bond acceptors (Lipinski definition) is 6. The number of benzene rings is 1. The normalized spacial score (nSPS) is 23.5. The van der Waals surface area contributed by atoms with Crippen LogP contribution in [0.25, 0.3) is 11.3 Å². The summed E-state index contributed by atoms with van der Waals surface area (Å²) in [7, 11) is 0. The molecule has 0 amide bonds. The third kappa shape index (κ3) is 3.26. The van der Waals surface area contributed by atoms with Gasteiger partial charge in [0.25, 0.3) is 0 Å². The molecule has 0 saturated carbocycles. The second-order valence-corrected chi connectivity index (χ2v) is 9.29. The average molecular weight is 424 g/mol. The van der Waals surface area contributed by atoms with Crippen molar-refractivity contribution in [3.63, 3.8) is 0 Å². The maximum Gasteiger partial charge on any atom is 0.197 e. The van der Waals surface area contributed by atoms with Crippen molar-refractivity contribution in [1.82, 2.24) is 4.57 Å². The molecule has 0 unspecified atom stereocenters. The van der Waals surface area contributed by atoms with E-state index >= 15 is 0 Å². The highest BCUT2D eigenvalue weighted by atomic mass is 16.6. The van der Waals surface area contributed by atoms with E-state index in [2.05, 4.69) is 27.7 Å². The highest BCUT2D eigenvalue weighted by Gasteiger charge is 2.49. The molecule has 4 aliphatic heterocycles. The van der Waals surface area contributed by atoms with Gasteiger partial charge in [0.15, 0.2) is 11.3 Å². The number of pyridine rings is 1. The van der Waals surface area contributed by atoms with Gasteiger partial charge in [0, 0.05) is 42.5 Å². The fourth-order valence-corrected chi connectivity index (χ4v) is 5.19. The molecular weight excluding hydrogens is 396 g/mol. The summed E-state index contributed by atoms with van der Waals surface area (Å²) >= 11 is 0. The lowest BCUT2D eigenvalue weighted by molar-refractivity contribution is -0.127. The van der Waals surface area contributed by atoms with E-state index in [4.69, 9.17) is 18.9 Å². The molecule has 0 aliphatic carbocycles. The molecule has 7 heteroatoms. The van der Waals surface area contributed by atoms with Gasteiger partial charge in [-0.05, 0) is 31.0 Å². The van der Waals surface area contributed by atoms with E-state index in [9.17, 15) is 4.79 Å². The van der Waals surface area contributed by atoms with E-state index in [1.54, 1.807) is 6.07 Å². The van der Waals surface area contributed by atoms with E-state index in [1.807, 2.05) is 6.92 Å². The van der Waals surface area contributed by atoms with Crippen molar-refractivity contribution in [2.75, 3.05) is 57.6 Å². The predicted molar refractivity (Wildman–Crippen MR) is 116 cm³/mol. The smallest absolute Gasteiger partial charge is 0.197 e. The number of anilines is 1. The van der Waals surface area contributed by atoms with Gasteiger partial charge in [-0.1, -0.05) is 6.07 Å². The van der Waals surface area contributed by atoms with Crippen molar-refractivity contribution in [3.05, 3.63) is 45.6 Å². The molecular formula is C24H28N2O5. The Kier molecular flexibility index (Phi) is 4.59. The lowest BCUT2D eigenvalue weighted by Crippen LogP contribution is -2.66. The molecule has 164 valence electrons. The second kappa shape index (κ2) is 7.36. The van der Waals surface area contributed by atoms with Crippen molar-refractivity contribution in [1.29, 1.82) is 0 Å². The average Bonchev–Trinajstić information content (AvgIpc) is 2.73. The molecule has 2 aromatic rings. The minimum Gasteiger partial charge on any atom is -0.476 e. The Balaban J connectivity index is 1.28. The maximum absolute atomic E-state index is 12.7. The number of aromatic nitrogens is 1. The Morgan fingerprint density at radius 2 is 2.03 bits per heavy atom. The van der Waals surface area contributed by atoms with E-state index in [-0.39, 0.29) is 11.5 Å². The zero-order chi connectivity index (χ0) is 21.0. The quantitative estimate of drug-likeness (QED) is 0.748. The van der Waals surface area contributed by atoms with Gasteiger partial charge >= 0.3 is 0 Å². The van der Waals surface area contributed by atoms with Crippen LogP contribution in [0, 0.1) is 12.3 Å². The zero-order valence-corrected chi connectivity index (χ0v) is 17.9. The SMILES string of the molecule is Cc1c2n(c(OC[C@@H]3COCCO3)cc1=O)CCc1cc(N3CC4(COC4)C3)ccc1-2. The molecule has 4 aliphatic rings. The van der Waals surface area contributed by atoms with E-state index in [1.165, 1.54) is 11.3 Å². The minimum atomic E-state index is -0.0965. The van der Waals surface area contributed by atoms with Gasteiger partial charge in [-0.15, -0.1) is 0 Å². The summed E-state index contributed by atoms with van der Waals surface area (Å²) in [5.74, 6) is 0.615. The van der Waals surface area contributed by atoms with Crippen LogP contribution in [0.3, 0.4) is 0 Å². The number of fused-ring (bicyclic) bond motifs is 3. The van der Waals surface area contributed by atoms with Crippen LogP contribution in [-0.2, 0) is 27.2 Å². The van der Waals surface area contributed by atoms with Crippen LogP contribution >= 0.6 is 0 Å². The first-order chi connectivity index (χ1) is 15.1. The van der Waals surface area contributed by atoms with Gasteiger partial charge in [0.1, 0.15) is 12.7 Å². The molecule has 1 aromatic heterocycles. The number of ether oxygens (including phenoxy) is 4. The Labute approximate surface area is 181 Å². The van der Waals surface area contributed by atoms with Gasteiger partial charge in [0.05, 0.1) is 44.1 Å². The molecule has 1 spiro atoms. The van der Waals surface area contributed by atoms with Crippen LogP contribution < -0.4 is 15.1 Å². The summed E-state index contributed by atoms with van der Waals surface area (Å²) in [6, 6.07) is 8.27. The lowest BCUT2D eigenvalue weighted by Gasteiger charge is -2.56. The summed E-state index contributed by atoms with van der Waals surface area (Å²) in [6.07, 6.45) is 0.820. The fraction of sp³-hybridized carbons (Fsp3) is 0.542. The second-order valence-electron chi connectivity index (χ2n) is 9.29. The lowest BCUT2D eigenvalue weighted by atomic mass is 9.77. The number of nitrogens with zero attached hydrogens (tertiary/aromatic N) is 2. The molecule has 0 radical (unpaired) electrons. The third-order valence-corrected chi connectivity index (χ3v) is 7.00. The number of rotatable bonds is 4. The molecule has 3 fully saturated rings. The Morgan fingerprint density at radius 1 is 1.16 bits per heavy atom. The molecule has 31 heavy (non-hydrogen) atoms. The van der Waals surface area contributed by atoms with E-state index in [0.29, 0.717) is 37.7 Å². The zero-order valence-electron chi connectivity index (χ0n) is 17.9. The Morgan fingerprint density at radius 3 is 2.77 bits per heavy atom. The Bertz CT molecular complexity index is 1060. The largest absolute Gasteiger partial charge is 0.476 e. The van der Waals surface area contributed by atoms with Crippen LogP contribution in [-0.4, -0.2) is 63.4 Å². The first-order valence-electron chi connectivity index (χ1n) is 11.1. The van der Waals surface area contributed by atoms with Crippen molar-refractivity contribution in [3.8, 4) is 17.1 Å². The van der Waals surface area contributed by atoms with Gasteiger partial charge in [0.2, 0.25) is 0 Å². The van der Waals surface area contributed by atoms with Gasteiger partial charge in [-0.25, -0.2) is 0 Å². The molecule has 1 atom stereocenters. The molecule has 6 rings (SSSR count). The summed E-state index contributed by atoms with van der Waals surface area (Å²) in [5.41, 5.74) is 5.85.